The first-order valence-corrected chi connectivity index (χ1v) is 5.72. The standard InChI is InChI=1S/C11H19NO3/c1-8-6-11(10(13)14,4-5-15-8)12-7-9-2-3-9/h8-9,12H,2-7H2,1H3,(H,13,14). The molecule has 0 bridgehead atoms. The van der Waals surface area contributed by atoms with E-state index in [9.17, 15) is 9.90 Å². The van der Waals surface area contributed by atoms with E-state index in [1.54, 1.807) is 0 Å². The van der Waals surface area contributed by atoms with Crippen molar-refractivity contribution in [3.8, 4) is 0 Å². The average molecular weight is 213 g/mol. The fraction of sp³-hybridized carbons (Fsp3) is 0.909. The topological polar surface area (TPSA) is 58.6 Å². The van der Waals surface area contributed by atoms with Crippen molar-refractivity contribution in [1.82, 2.24) is 5.32 Å². The van der Waals surface area contributed by atoms with Gasteiger partial charge in [0.05, 0.1) is 6.10 Å². The second kappa shape index (κ2) is 4.10. The number of nitrogens with one attached hydrogen (secondary N) is 1. The smallest absolute Gasteiger partial charge is 0.324 e. The Hall–Kier alpha value is -0.610. The summed E-state index contributed by atoms with van der Waals surface area (Å²) in [6, 6.07) is 0. The second-order valence-electron chi connectivity index (χ2n) is 4.85. The van der Waals surface area contributed by atoms with Crippen LogP contribution in [-0.4, -0.2) is 35.9 Å². The van der Waals surface area contributed by atoms with E-state index in [-0.39, 0.29) is 6.10 Å². The van der Waals surface area contributed by atoms with Crippen molar-refractivity contribution in [3.63, 3.8) is 0 Å². The molecule has 4 heteroatoms. The molecule has 1 saturated heterocycles. The molecule has 0 aromatic heterocycles. The molecule has 0 amide bonds. The van der Waals surface area contributed by atoms with E-state index >= 15 is 0 Å². The summed E-state index contributed by atoms with van der Waals surface area (Å²) in [5.41, 5.74) is -0.736. The highest BCUT2D eigenvalue weighted by Gasteiger charge is 2.43. The van der Waals surface area contributed by atoms with E-state index in [0.29, 0.717) is 25.4 Å². The molecule has 0 spiro atoms. The molecule has 2 N–H and O–H groups in total. The van der Waals surface area contributed by atoms with Gasteiger partial charge >= 0.3 is 5.97 Å². The van der Waals surface area contributed by atoms with Gasteiger partial charge in [-0.2, -0.15) is 0 Å². The Labute approximate surface area is 90.0 Å². The Bertz CT molecular complexity index is 252. The third-order valence-electron chi connectivity index (χ3n) is 3.40. The lowest BCUT2D eigenvalue weighted by atomic mass is 9.87. The number of carboxylic acids is 1. The van der Waals surface area contributed by atoms with Crippen LogP contribution in [0.3, 0.4) is 0 Å². The average Bonchev–Trinajstić information content (AvgIpc) is 2.98. The van der Waals surface area contributed by atoms with Crippen LogP contribution in [0.15, 0.2) is 0 Å². The summed E-state index contributed by atoms with van der Waals surface area (Å²) in [6.07, 6.45) is 3.69. The van der Waals surface area contributed by atoms with Gasteiger partial charge in [-0.25, -0.2) is 0 Å². The first-order chi connectivity index (χ1) is 7.12. The number of carbonyl (C=O) groups is 1. The van der Waals surface area contributed by atoms with Crippen LogP contribution in [0.2, 0.25) is 0 Å². The van der Waals surface area contributed by atoms with Crippen LogP contribution in [0, 0.1) is 5.92 Å². The van der Waals surface area contributed by atoms with Crippen LogP contribution in [0.25, 0.3) is 0 Å². The van der Waals surface area contributed by atoms with Gasteiger partial charge in [-0.05, 0) is 38.6 Å². The molecule has 1 aliphatic heterocycles. The van der Waals surface area contributed by atoms with Crippen molar-refractivity contribution >= 4 is 5.97 Å². The van der Waals surface area contributed by atoms with Crippen LogP contribution in [0.4, 0.5) is 0 Å². The third-order valence-corrected chi connectivity index (χ3v) is 3.40. The minimum atomic E-state index is -0.736. The predicted octanol–water partition coefficient (Wildman–Crippen LogP) is 1.01. The summed E-state index contributed by atoms with van der Waals surface area (Å²) >= 11 is 0. The zero-order valence-corrected chi connectivity index (χ0v) is 9.16. The fourth-order valence-electron chi connectivity index (χ4n) is 2.18. The summed E-state index contributed by atoms with van der Waals surface area (Å²) in [4.78, 5) is 11.3. The second-order valence-corrected chi connectivity index (χ2v) is 4.85. The normalized spacial score (nSPS) is 36.5. The minimum absolute atomic E-state index is 0.0431. The number of hydrogen-bond donors (Lipinski definition) is 2. The van der Waals surface area contributed by atoms with Crippen LogP contribution in [0.5, 0.6) is 0 Å². The van der Waals surface area contributed by atoms with Gasteiger partial charge in [0, 0.05) is 13.0 Å². The molecule has 0 aromatic rings. The van der Waals surface area contributed by atoms with Gasteiger partial charge in [0.15, 0.2) is 0 Å². The maximum Gasteiger partial charge on any atom is 0.324 e. The van der Waals surface area contributed by atoms with Crippen molar-refractivity contribution in [2.24, 2.45) is 5.92 Å². The molecule has 2 rings (SSSR count). The lowest BCUT2D eigenvalue weighted by molar-refractivity contribution is -0.151. The molecule has 2 aliphatic rings. The Kier molecular flexibility index (Phi) is 2.98. The van der Waals surface area contributed by atoms with E-state index in [0.717, 1.165) is 6.54 Å². The fourth-order valence-corrected chi connectivity index (χ4v) is 2.18. The Balaban J connectivity index is 1.97. The predicted molar refractivity (Wildman–Crippen MR) is 55.7 cm³/mol. The first-order valence-electron chi connectivity index (χ1n) is 5.72. The number of hydrogen-bond acceptors (Lipinski definition) is 3. The molecule has 2 atom stereocenters. The molecule has 4 nitrogen and oxygen atoms in total. The Morgan fingerprint density at radius 3 is 2.87 bits per heavy atom. The molecular weight excluding hydrogens is 194 g/mol. The van der Waals surface area contributed by atoms with E-state index in [1.807, 2.05) is 6.92 Å². The SMILES string of the molecule is CC1CC(NCC2CC2)(C(=O)O)CCO1. The highest BCUT2D eigenvalue weighted by atomic mass is 16.5. The number of rotatable bonds is 4. The molecule has 86 valence electrons. The number of ether oxygens (including phenoxy) is 1. The number of aliphatic carboxylic acids is 1. The molecular formula is C11H19NO3. The van der Waals surface area contributed by atoms with Crippen molar-refractivity contribution in [2.75, 3.05) is 13.2 Å². The quantitative estimate of drug-likeness (QED) is 0.731. The lowest BCUT2D eigenvalue weighted by Crippen LogP contribution is -2.57. The summed E-state index contributed by atoms with van der Waals surface area (Å²) in [5.74, 6) is -0.0160. The van der Waals surface area contributed by atoms with Crippen LogP contribution >= 0.6 is 0 Å². The maximum atomic E-state index is 11.3. The first kappa shape index (κ1) is 10.9. The lowest BCUT2D eigenvalue weighted by Gasteiger charge is -2.37. The molecule has 1 saturated carbocycles. The van der Waals surface area contributed by atoms with E-state index in [4.69, 9.17) is 4.74 Å². The van der Waals surface area contributed by atoms with E-state index in [2.05, 4.69) is 5.32 Å². The molecule has 0 radical (unpaired) electrons. The maximum absolute atomic E-state index is 11.3. The molecule has 1 heterocycles. The Morgan fingerprint density at radius 1 is 1.60 bits per heavy atom. The molecule has 1 aliphatic carbocycles. The van der Waals surface area contributed by atoms with Gasteiger partial charge in [-0.3, -0.25) is 4.79 Å². The van der Waals surface area contributed by atoms with Crippen molar-refractivity contribution in [3.05, 3.63) is 0 Å². The number of carboxylic acid groups (broad SMARTS) is 1. The zero-order valence-electron chi connectivity index (χ0n) is 9.16. The van der Waals surface area contributed by atoms with Crippen LogP contribution in [-0.2, 0) is 9.53 Å². The van der Waals surface area contributed by atoms with Gasteiger partial charge in [0.2, 0.25) is 0 Å². The zero-order chi connectivity index (χ0) is 10.9. The molecule has 0 aromatic carbocycles. The summed E-state index contributed by atoms with van der Waals surface area (Å²) in [5, 5.41) is 12.6. The van der Waals surface area contributed by atoms with Crippen molar-refractivity contribution in [1.29, 1.82) is 0 Å². The van der Waals surface area contributed by atoms with Crippen LogP contribution in [0.1, 0.15) is 32.6 Å². The van der Waals surface area contributed by atoms with Gasteiger partial charge in [0.25, 0.3) is 0 Å². The highest BCUT2D eigenvalue weighted by molar-refractivity contribution is 5.79. The highest BCUT2D eigenvalue weighted by Crippen LogP contribution is 2.31. The summed E-state index contributed by atoms with van der Waals surface area (Å²) < 4.78 is 5.40. The van der Waals surface area contributed by atoms with Gasteiger partial charge < -0.3 is 15.2 Å². The monoisotopic (exact) mass is 213 g/mol. The third kappa shape index (κ3) is 2.49. The van der Waals surface area contributed by atoms with Crippen LogP contribution < -0.4 is 5.32 Å². The molecule has 2 fully saturated rings. The van der Waals surface area contributed by atoms with E-state index in [1.165, 1.54) is 12.8 Å². The summed E-state index contributed by atoms with van der Waals surface area (Å²) in [6.45, 7) is 3.33. The Morgan fingerprint density at radius 2 is 2.33 bits per heavy atom. The van der Waals surface area contributed by atoms with Crippen molar-refractivity contribution in [2.45, 2.75) is 44.2 Å². The van der Waals surface area contributed by atoms with Gasteiger partial charge in [0.1, 0.15) is 5.54 Å². The molecule has 2 unspecified atom stereocenters. The van der Waals surface area contributed by atoms with E-state index < -0.39 is 11.5 Å². The van der Waals surface area contributed by atoms with Gasteiger partial charge in [-0.1, -0.05) is 0 Å². The molecule has 15 heavy (non-hydrogen) atoms. The van der Waals surface area contributed by atoms with Crippen molar-refractivity contribution < 1.29 is 14.6 Å². The minimum Gasteiger partial charge on any atom is -0.480 e. The summed E-state index contributed by atoms with van der Waals surface area (Å²) in [7, 11) is 0. The van der Waals surface area contributed by atoms with Gasteiger partial charge in [-0.15, -0.1) is 0 Å². The largest absolute Gasteiger partial charge is 0.480 e.